The molecule has 0 spiro atoms. The van der Waals surface area contributed by atoms with Crippen LogP contribution >= 0.6 is 11.6 Å². The minimum absolute atomic E-state index is 0.0610. The van der Waals surface area contributed by atoms with E-state index in [-0.39, 0.29) is 34.7 Å². The number of carbonyl (C=O) groups excluding carboxylic acids is 1. The van der Waals surface area contributed by atoms with E-state index in [9.17, 15) is 15.0 Å². The lowest BCUT2D eigenvalue weighted by molar-refractivity contribution is 0.0235. The van der Waals surface area contributed by atoms with Crippen molar-refractivity contribution in [2.75, 3.05) is 0 Å². The number of hydrogen-bond acceptors (Lipinski definition) is 4. The number of nitrogens with one attached hydrogen (secondary N) is 1. The average Bonchev–Trinajstić information content (AvgIpc) is 2.91. The van der Waals surface area contributed by atoms with Gasteiger partial charge in [0.05, 0.1) is 23.4 Å². The summed E-state index contributed by atoms with van der Waals surface area (Å²) in [6.45, 7) is 0. The van der Waals surface area contributed by atoms with Gasteiger partial charge in [-0.25, -0.2) is 0 Å². The maximum Gasteiger partial charge on any atom is 0.251 e. The third-order valence-electron chi connectivity index (χ3n) is 4.20. The van der Waals surface area contributed by atoms with Gasteiger partial charge in [-0.1, -0.05) is 11.6 Å². The highest BCUT2D eigenvalue weighted by Crippen LogP contribution is 2.38. The molecule has 1 aromatic carbocycles. The summed E-state index contributed by atoms with van der Waals surface area (Å²) in [5, 5.41) is 26.3. The lowest BCUT2D eigenvalue weighted by Gasteiger charge is -2.37. The van der Waals surface area contributed by atoms with Crippen LogP contribution < -0.4 is 5.32 Å². The number of aryl methyl sites for hydroxylation is 1. The molecule has 122 valence electrons. The first-order valence-electron chi connectivity index (χ1n) is 7.40. The normalized spacial score (nSPS) is 21.5. The van der Waals surface area contributed by atoms with E-state index in [1.165, 1.54) is 18.2 Å². The molecule has 23 heavy (non-hydrogen) atoms. The Bertz CT molecular complexity index is 725. The molecule has 1 fully saturated rings. The molecule has 2 aromatic rings. The van der Waals surface area contributed by atoms with Gasteiger partial charge in [0, 0.05) is 24.4 Å². The fourth-order valence-electron chi connectivity index (χ4n) is 2.85. The van der Waals surface area contributed by atoms with Crippen LogP contribution in [0.15, 0.2) is 30.6 Å². The summed E-state index contributed by atoms with van der Waals surface area (Å²) < 4.78 is 1.68. The van der Waals surface area contributed by atoms with Crippen LogP contribution in [0.25, 0.3) is 0 Å². The first kappa shape index (κ1) is 15.8. The van der Waals surface area contributed by atoms with Crippen molar-refractivity contribution in [2.45, 2.75) is 25.0 Å². The molecule has 7 heteroatoms. The van der Waals surface area contributed by atoms with Crippen molar-refractivity contribution in [3.8, 4) is 5.75 Å². The predicted molar refractivity (Wildman–Crippen MR) is 85.3 cm³/mol. The third-order valence-corrected chi connectivity index (χ3v) is 4.50. The standard InChI is InChI=1S/C16H18ClN3O3/c1-20-8-11(7-18-20)15(10-4-12(21)5-10)19-16(23)9-2-3-14(22)13(17)6-9/h2-3,6-8,10,12,15,21-22H,4-5H2,1H3,(H,19,23). The topological polar surface area (TPSA) is 87.4 Å². The highest BCUT2D eigenvalue weighted by atomic mass is 35.5. The van der Waals surface area contributed by atoms with Gasteiger partial charge in [-0.05, 0) is 37.0 Å². The zero-order chi connectivity index (χ0) is 16.6. The summed E-state index contributed by atoms with van der Waals surface area (Å²) in [7, 11) is 1.82. The van der Waals surface area contributed by atoms with Gasteiger partial charge in [-0.2, -0.15) is 5.10 Å². The maximum absolute atomic E-state index is 12.5. The van der Waals surface area contributed by atoms with Gasteiger partial charge in [0.1, 0.15) is 5.75 Å². The number of amides is 1. The van der Waals surface area contributed by atoms with Crippen molar-refractivity contribution >= 4 is 17.5 Å². The van der Waals surface area contributed by atoms with Crippen LogP contribution in [0.4, 0.5) is 0 Å². The minimum Gasteiger partial charge on any atom is -0.506 e. The number of phenolic OH excluding ortho intramolecular Hbond substituents is 1. The Hall–Kier alpha value is -2.05. The first-order chi connectivity index (χ1) is 10.9. The summed E-state index contributed by atoms with van der Waals surface area (Å²) in [6, 6.07) is 4.13. The second-order valence-electron chi connectivity index (χ2n) is 5.95. The van der Waals surface area contributed by atoms with E-state index in [0.717, 1.165) is 5.56 Å². The number of carbonyl (C=O) groups is 1. The van der Waals surface area contributed by atoms with Crippen molar-refractivity contribution in [1.82, 2.24) is 15.1 Å². The Labute approximate surface area is 138 Å². The number of hydrogen-bond donors (Lipinski definition) is 3. The number of aromatic hydroxyl groups is 1. The van der Waals surface area contributed by atoms with E-state index in [0.29, 0.717) is 18.4 Å². The SMILES string of the molecule is Cn1cc(C(NC(=O)c2ccc(O)c(Cl)c2)C2CC(O)C2)cn1. The molecular formula is C16H18ClN3O3. The van der Waals surface area contributed by atoms with Gasteiger partial charge >= 0.3 is 0 Å². The highest BCUT2D eigenvalue weighted by molar-refractivity contribution is 6.32. The molecular weight excluding hydrogens is 318 g/mol. The number of halogens is 1. The molecule has 1 unspecified atom stereocenters. The largest absolute Gasteiger partial charge is 0.506 e. The molecule has 1 saturated carbocycles. The van der Waals surface area contributed by atoms with Crippen LogP contribution in [0.1, 0.15) is 34.8 Å². The summed E-state index contributed by atoms with van der Waals surface area (Å²) in [6.07, 6.45) is 4.57. The monoisotopic (exact) mass is 335 g/mol. The molecule has 6 nitrogen and oxygen atoms in total. The fraction of sp³-hybridized carbons (Fsp3) is 0.375. The predicted octanol–water partition coefficient (Wildman–Crippen LogP) is 2.02. The Balaban J connectivity index is 1.80. The summed E-state index contributed by atoms with van der Waals surface area (Å²) in [5.41, 5.74) is 1.28. The summed E-state index contributed by atoms with van der Waals surface area (Å²) in [5.74, 6) is -0.165. The van der Waals surface area contributed by atoms with E-state index >= 15 is 0 Å². The number of aliphatic hydroxyl groups excluding tert-OH is 1. The van der Waals surface area contributed by atoms with Crippen LogP contribution in [0.5, 0.6) is 5.75 Å². The summed E-state index contributed by atoms with van der Waals surface area (Å²) in [4.78, 5) is 12.5. The highest BCUT2D eigenvalue weighted by Gasteiger charge is 2.36. The summed E-state index contributed by atoms with van der Waals surface area (Å²) >= 11 is 5.86. The zero-order valence-electron chi connectivity index (χ0n) is 12.6. The second kappa shape index (κ2) is 6.22. The van der Waals surface area contributed by atoms with Crippen molar-refractivity contribution in [1.29, 1.82) is 0 Å². The third kappa shape index (κ3) is 3.33. The number of aliphatic hydroxyl groups is 1. The molecule has 1 aliphatic carbocycles. The molecule has 1 aromatic heterocycles. The molecule has 0 radical (unpaired) electrons. The Morgan fingerprint density at radius 1 is 1.48 bits per heavy atom. The lowest BCUT2D eigenvalue weighted by atomic mass is 9.75. The molecule has 3 N–H and O–H groups in total. The molecule has 1 atom stereocenters. The zero-order valence-corrected chi connectivity index (χ0v) is 13.4. The Kier molecular flexibility index (Phi) is 4.28. The fourth-order valence-corrected chi connectivity index (χ4v) is 3.03. The molecule has 1 amide bonds. The van der Waals surface area contributed by atoms with Gasteiger partial charge in [-0.3, -0.25) is 9.48 Å². The number of benzene rings is 1. The average molecular weight is 336 g/mol. The van der Waals surface area contributed by atoms with E-state index in [2.05, 4.69) is 10.4 Å². The van der Waals surface area contributed by atoms with E-state index in [4.69, 9.17) is 11.6 Å². The minimum atomic E-state index is -0.306. The Morgan fingerprint density at radius 2 is 2.22 bits per heavy atom. The molecule has 1 heterocycles. The molecule has 0 bridgehead atoms. The van der Waals surface area contributed by atoms with Gasteiger partial charge < -0.3 is 15.5 Å². The van der Waals surface area contributed by atoms with E-state index in [1.54, 1.807) is 10.9 Å². The van der Waals surface area contributed by atoms with Gasteiger partial charge in [0.2, 0.25) is 0 Å². The second-order valence-corrected chi connectivity index (χ2v) is 6.36. The molecule has 1 aliphatic rings. The van der Waals surface area contributed by atoms with Crippen molar-refractivity contribution < 1.29 is 15.0 Å². The smallest absolute Gasteiger partial charge is 0.251 e. The van der Waals surface area contributed by atoms with Gasteiger partial charge in [0.15, 0.2) is 0 Å². The van der Waals surface area contributed by atoms with Crippen LogP contribution in [-0.4, -0.2) is 32.0 Å². The number of aromatic nitrogens is 2. The van der Waals surface area contributed by atoms with Crippen LogP contribution in [0, 0.1) is 5.92 Å². The van der Waals surface area contributed by atoms with Crippen molar-refractivity contribution in [3.63, 3.8) is 0 Å². The first-order valence-corrected chi connectivity index (χ1v) is 7.78. The number of rotatable bonds is 4. The molecule has 3 rings (SSSR count). The van der Waals surface area contributed by atoms with Gasteiger partial charge in [-0.15, -0.1) is 0 Å². The Morgan fingerprint density at radius 3 is 2.78 bits per heavy atom. The van der Waals surface area contributed by atoms with Crippen LogP contribution in [0.2, 0.25) is 5.02 Å². The maximum atomic E-state index is 12.5. The van der Waals surface area contributed by atoms with E-state index in [1.807, 2.05) is 13.2 Å². The molecule has 0 saturated heterocycles. The van der Waals surface area contributed by atoms with E-state index < -0.39 is 0 Å². The number of phenols is 1. The van der Waals surface area contributed by atoms with Crippen molar-refractivity contribution in [3.05, 3.63) is 46.7 Å². The van der Waals surface area contributed by atoms with Crippen LogP contribution in [0.3, 0.4) is 0 Å². The lowest BCUT2D eigenvalue weighted by Crippen LogP contribution is -2.41. The van der Waals surface area contributed by atoms with Crippen molar-refractivity contribution in [2.24, 2.45) is 13.0 Å². The quantitative estimate of drug-likeness (QED) is 0.797. The van der Waals surface area contributed by atoms with Crippen LogP contribution in [-0.2, 0) is 7.05 Å². The van der Waals surface area contributed by atoms with Gasteiger partial charge in [0.25, 0.3) is 5.91 Å². The molecule has 0 aliphatic heterocycles. The number of nitrogens with zero attached hydrogens (tertiary/aromatic N) is 2.